The number of carbonyl (C=O) groups excluding carboxylic acids is 2. The normalized spacial score (nSPS) is 11.6. The second-order valence-electron chi connectivity index (χ2n) is 7.00. The summed E-state index contributed by atoms with van der Waals surface area (Å²) in [5.74, 6) is -1.03. The fraction of sp³-hybridized carbons (Fsp3) is 0.227. The van der Waals surface area contributed by atoms with Crippen LogP contribution in [-0.4, -0.2) is 41.9 Å². The lowest BCUT2D eigenvalue weighted by Gasteiger charge is -2.15. The number of ether oxygens (including phenoxy) is 1. The first-order valence-electron chi connectivity index (χ1n) is 9.38. The van der Waals surface area contributed by atoms with Gasteiger partial charge in [-0.25, -0.2) is 4.79 Å². The van der Waals surface area contributed by atoms with Crippen LogP contribution in [0.2, 0.25) is 5.02 Å². The maximum atomic E-state index is 12.4. The Bertz CT molecular complexity index is 1030. The van der Waals surface area contributed by atoms with E-state index < -0.39 is 18.0 Å². The lowest BCUT2D eigenvalue weighted by molar-refractivity contribution is -0.123. The second kappa shape index (κ2) is 9.45. The van der Waals surface area contributed by atoms with Gasteiger partial charge in [-0.05, 0) is 42.8 Å². The molecule has 0 saturated heterocycles. The van der Waals surface area contributed by atoms with Gasteiger partial charge in [-0.3, -0.25) is 9.48 Å². The molecule has 1 atom stereocenters. The minimum atomic E-state index is -0.960. The first-order chi connectivity index (χ1) is 14.3. The third-order valence-corrected chi connectivity index (χ3v) is 4.83. The van der Waals surface area contributed by atoms with Crippen LogP contribution in [-0.2, 0) is 16.1 Å². The Morgan fingerprint density at radius 1 is 1.17 bits per heavy atom. The summed E-state index contributed by atoms with van der Waals surface area (Å²) in [5.41, 5.74) is 2.79. The molecule has 1 N–H and O–H groups in total. The maximum absolute atomic E-state index is 12.4. The summed E-state index contributed by atoms with van der Waals surface area (Å²) in [6.45, 7) is 1.95. The molecule has 0 aliphatic heterocycles. The molecule has 0 bridgehead atoms. The molecule has 0 aliphatic rings. The number of amides is 1. The van der Waals surface area contributed by atoms with Crippen LogP contribution in [0.25, 0.3) is 0 Å². The van der Waals surface area contributed by atoms with Crippen LogP contribution in [0.1, 0.15) is 22.8 Å². The largest absolute Gasteiger partial charge is 0.449 e. The Hall–Kier alpha value is -3.32. The Morgan fingerprint density at radius 3 is 2.53 bits per heavy atom. The van der Waals surface area contributed by atoms with Crippen LogP contribution in [0.15, 0.2) is 60.9 Å². The molecule has 0 spiro atoms. The van der Waals surface area contributed by atoms with Crippen molar-refractivity contribution in [2.75, 3.05) is 24.3 Å². The van der Waals surface area contributed by atoms with Crippen molar-refractivity contribution in [3.05, 3.63) is 77.1 Å². The number of halogens is 1. The van der Waals surface area contributed by atoms with Crippen molar-refractivity contribution in [2.45, 2.75) is 19.6 Å². The lowest BCUT2D eigenvalue weighted by Crippen LogP contribution is -2.29. The van der Waals surface area contributed by atoms with Crippen molar-refractivity contribution >= 4 is 34.9 Å². The standard InChI is InChI=1S/C22H23ClN4O3/c1-15(21(28)25-18-8-10-19(11-9-18)26(2)3)30-22(29)17-12-24-27(14-17)13-16-6-4-5-7-20(16)23/h4-12,14-15H,13H2,1-3H3,(H,25,28). The molecular formula is C22H23ClN4O3. The zero-order valence-electron chi connectivity index (χ0n) is 17.0. The van der Waals surface area contributed by atoms with E-state index in [4.69, 9.17) is 16.3 Å². The molecule has 156 valence electrons. The molecule has 1 heterocycles. The molecule has 3 aromatic rings. The van der Waals surface area contributed by atoms with Crippen LogP contribution in [0, 0.1) is 0 Å². The fourth-order valence-corrected chi connectivity index (χ4v) is 2.92. The third kappa shape index (κ3) is 5.39. The summed E-state index contributed by atoms with van der Waals surface area (Å²) in [6, 6.07) is 14.8. The van der Waals surface area contributed by atoms with Gasteiger partial charge in [0.25, 0.3) is 5.91 Å². The van der Waals surface area contributed by atoms with E-state index in [0.717, 1.165) is 11.3 Å². The molecule has 1 aromatic heterocycles. The van der Waals surface area contributed by atoms with Gasteiger partial charge in [0.15, 0.2) is 6.10 Å². The van der Waals surface area contributed by atoms with E-state index in [1.807, 2.05) is 49.3 Å². The van der Waals surface area contributed by atoms with Gasteiger partial charge in [0.1, 0.15) is 0 Å². The smallest absolute Gasteiger partial charge is 0.342 e. The van der Waals surface area contributed by atoms with Crippen LogP contribution in [0.4, 0.5) is 11.4 Å². The summed E-state index contributed by atoms with van der Waals surface area (Å²) >= 11 is 6.16. The number of benzene rings is 2. The average molecular weight is 427 g/mol. The maximum Gasteiger partial charge on any atom is 0.342 e. The van der Waals surface area contributed by atoms with Gasteiger partial charge in [0.05, 0.1) is 18.3 Å². The number of aromatic nitrogens is 2. The quantitative estimate of drug-likeness (QED) is 0.581. The summed E-state index contributed by atoms with van der Waals surface area (Å²) in [4.78, 5) is 26.7. The summed E-state index contributed by atoms with van der Waals surface area (Å²) in [6.07, 6.45) is 2.01. The van der Waals surface area contributed by atoms with E-state index in [2.05, 4.69) is 10.4 Å². The second-order valence-corrected chi connectivity index (χ2v) is 7.40. The van der Waals surface area contributed by atoms with Crippen molar-refractivity contribution < 1.29 is 14.3 Å². The van der Waals surface area contributed by atoms with E-state index in [-0.39, 0.29) is 5.56 Å². The van der Waals surface area contributed by atoms with Crippen molar-refractivity contribution in [1.29, 1.82) is 0 Å². The zero-order chi connectivity index (χ0) is 21.7. The molecule has 0 saturated carbocycles. The molecule has 3 rings (SSSR count). The SMILES string of the molecule is CC(OC(=O)c1cnn(Cc2ccccc2Cl)c1)C(=O)Nc1ccc(N(C)C)cc1. The van der Waals surface area contributed by atoms with Gasteiger partial charge in [-0.2, -0.15) is 5.10 Å². The minimum Gasteiger partial charge on any atom is -0.449 e. The van der Waals surface area contributed by atoms with Gasteiger partial charge in [-0.15, -0.1) is 0 Å². The number of esters is 1. The number of nitrogens with one attached hydrogen (secondary N) is 1. The van der Waals surface area contributed by atoms with Crippen LogP contribution in [0.5, 0.6) is 0 Å². The number of hydrogen-bond acceptors (Lipinski definition) is 5. The summed E-state index contributed by atoms with van der Waals surface area (Å²) in [7, 11) is 3.87. The third-order valence-electron chi connectivity index (χ3n) is 4.46. The van der Waals surface area contributed by atoms with Gasteiger partial charge in [-0.1, -0.05) is 29.8 Å². The number of carbonyl (C=O) groups is 2. The number of anilines is 2. The molecule has 30 heavy (non-hydrogen) atoms. The first-order valence-corrected chi connectivity index (χ1v) is 9.76. The van der Waals surface area contributed by atoms with Crippen molar-refractivity contribution in [3.63, 3.8) is 0 Å². The van der Waals surface area contributed by atoms with E-state index in [1.165, 1.54) is 13.1 Å². The van der Waals surface area contributed by atoms with Gasteiger partial charge >= 0.3 is 5.97 Å². The van der Waals surface area contributed by atoms with Crippen LogP contribution < -0.4 is 10.2 Å². The Balaban J connectivity index is 1.56. The van der Waals surface area contributed by atoms with Crippen molar-refractivity contribution in [3.8, 4) is 0 Å². The highest BCUT2D eigenvalue weighted by atomic mass is 35.5. The number of rotatable bonds is 7. The zero-order valence-corrected chi connectivity index (χ0v) is 17.8. The predicted octanol–water partition coefficient (Wildman–Crippen LogP) is 3.83. The highest BCUT2D eigenvalue weighted by Crippen LogP contribution is 2.17. The van der Waals surface area contributed by atoms with Gasteiger partial charge in [0, 0.05) is 36.7 Å². The van der Waals surface area contributed by atoms with Crippen molar-refractivity contribution in [1.82, 2.24) is 9.78 Å². The van der Waals surface area contributed by atoms with Crippen LogP contribution >= 0.6 is 11.6 Å². The van der Waals surface area contributed by atoms with E-state index >= 15 is 0 Å². The molecule has 2 aromatic carbocycles. The van der Waals surface area contributed by atoms with Crippen LogP contribution in [0.3, 0.4) is 0 Å². The summed E-state index contributed by atoms with van der Waals surface area (Å²) < 4.78 is 6.87. The average Bonchev–Trinajstić information content (AvgIpc) is 3.19. The molecular weight excluding hydrogens is 404 g/mol. The molecule has 1 amide bonds. The monoisotopic (exact) mass is 426 g/mol. The van der Waals surface area contributed by atoms with E-state index in [9.17, 15) is 9.59 Å². The van der Waals surface area contributed by atoms with Crippen molar-refractivity contribution in [2.24, 2.45) is 0 Å². The first kappa shape index (κ1) is 21.4. The number of nitrogens with zero attached hydrogens (tertiary/aromatic N) is 3. The van der Waals surface area contributed by atoms with E-state index in [1.54, 1.807) is 29.1 Å². The fourth-order valence-electron chi connectivity index (χ4n) is 2.73. The molecule has 0 aliphatic carbocycles. The molecule has 0 fully saturated rings. The number of hydrogen-bond donors (Lipinski definition) is 1. The highest BCUT2D eigenvalue weighted by Gasteiger charge is 2.20. The highest BCUT2D eigenvalue weighted by molar-refractivity contribution is 6.31. The summed E-state index contributed by atoms with van der Waals surface area (Å²) in [5, 5.41) is 7.53. The van der Waals surface area contributed by atoms with Gasteiger partial charge in [0.2, 0.25) is 0 Å². The predicted molar refractivity (Wildman–Crippen MR) is 117 cm³/mol. The topological polar surface area (TPSA) is 76.5 Å². The van der Waals surface area contributed by atoms with Gasteiger partial charge < -0.3 is 15.0 Å². The Labute approximate surface area is 180 Å². The molecule has 8 heteroatoms. The van der Waals surface area contributed by atoms with E-state index in [0.29, 0.717) is 17.3 Å². The Morgan fingerprint density at radius 2 is 1.87 bits per heavy atom. The lowest BCUT2D eigenvalue weighted by atomic mass is 10.2. The molecule has 7 nitrogen and oxygen atoms in total. The molecule has 0 radical (unpaired) electrons. The molecule has 1 unspecified atom stereocenters. The Kier molecular flexibility index (Phi) is 6.74. The minimum absolute atomic E-state index is 0.261.